The number of benzene rings is 2. The molecule has 0 radical (unpaired) electrons. The Kier molecular flexibility index (Phi) is 4.71. The van der Waals surface area contributed by atoms with Gasteiger partial charge in [0.15, 0.2) is 0 Å². The minimum atomic E-state index is -1.12. The number of nitrogens with zero attached hydrogens (tertiary/aromatic N) is 1. The van der Waals surface area contributed by atoms with E-state index in [2.05, 4.69) is 5.32 Å². The number of aliphatic hydroxyl groups excluding tert-OH is 1. The molecule has 5 heteroatoms. The molecular weight excluding hydrogens is 292 g/mol. The van der Waals surface area contributed by atoms with Crippen LogP contribution in [0.2, 0.25) is 0 Å². The molecule has 23 heavy (non-hydrogen) atoms. The van der Waals surface area contributed by atoms with E-state index in [9.17, 15) is 9.90 Å². The minimum absolute atomic E-state index is 0.396. The van der Waals surface area contributed by atoms with Gasteiger partial charge in [-0.25, -0.2) is 9.63 Å². The summed E-state index contributed by atoms with van der Waals surface area (Å²) in [6.45, 7) is 0.487. The lowest BCUT2D eigenvalue weighted by molar-refractivity contribution is -0.167. The molecule has 0 saturated heterocycles. The lowest BCUT2D eigenvalue weighted by atomic mass is 10.1. The van der Waals surface area contributed by atoms with E-state index in [0.717, 1.165) is 22.6 Å². The van der Waals surface area contributed by atoms with Crippen molar-refractivity contribution < 1.29 is 14.7 Å². The summed E-state index contributed by atoms with van der Waals surface area (Å²) in [7, 11) is 0. The molecule has 0 spiro atoms. The van der Waals surface area contributed by atoms with Crippen LogP contribution in [0, 0.1) is 0 Å². The lowest BCUT2D eigenvalue weighted by Gasteiger charge is -2.19. The van der Waals surface area contributed by atoms with E-state index in [0.29, 0.717) is 12.2 Å². The smallest absolute Gasteiger partial charge is 0.346 e. The van der Waals surface area contributed by atoms with Gasteiger partial charge in [-0.15, -0.1) is 0 Å². The van der Waals surface area contributed by atoms with Crippen molar-refractivity contribution in [2.45, 2.75) is 12.7 Å². The van der Waals surface area contributed by atoms with E-state index < -0.39 is 12.3 Å². The number of amides is 2. The number of carbonyl (C=O) groups is 1. The monoisotopic (exact) mass is 310 g/mol. The summed E-state index contributed by atoms with van der Waals surface area (Å²) >= 11 is 0. The molecule has 3 rings (SSSR count). The molecule has 0 fully saturated rings. The van der Waals surface area contributed by atoms with Crippen LogP contribution in [0.1, 0.15) is 11.1 Å². The summed E-state index contributed by atoms with van der Waals surface area (Å²) in [4.78, 5) is 17.5. The number of nitrogens with one attached hydrogen (secondary N) is 1. The second-order valence-corrected chi connectivity index (χ2v) is 5.18. The Balaban J connectivity index is 1.61. The normalized spacial score (nSPS) is 17.0. The Labute approximate surface area is 134 Å². The highest BCUT2D eigenvalue weighted by Crippen LogP contribution is 2.26. The summed E-state index contributed by atoms with van der Waals surface area (Å²) in [6, 6.07) is 18.9. The second-order valence-electron chi connectivity index (χ2n) is 5.18. The quantitative estimate of drug-likeness (QED) is 0.912. The van der Waals surface area contributed by atoms with Gasteiger partial charge in [-0.05, 0) is 12.0 Å². The number of hydroxylamine groups is 2. The Morgan fingerprint density at radius 3 is 2.43 bits per heavy atom. The molecule has 1 aliphatic rings. The molecule has 1 atom stereocenters. The molecule has 2 N–H and O–H groups in total. The van der Waals surface area contributed by atoms with E-state index >= 15 is 0 Å². The largest absolute Gasteiger partial charge is 0.363 e. The molecule has 2 amide bonds. The van der Waals surface area contributed by atoms with E-state index in [-0.39, 0.29) is 0 Å². The molecular formula is C18H18N2O3. The highest BCUT2D eigenvalue weighted by Gasteiger charge is 2.29. The first-order valence-corrected chi connectivity index (χ1v) is 7.48. The van der Waals surface area contributed by atoms with Crippen molar-refractivity contribution in [2.24, 2.45) is 0 Å². The van der Waals surface area contributed by atoms with Crippen molar-refractivity contribution in [3.63, 3.8) is 0 Å². The topological polar surface area (TPSA) is 61.8 Å². The van der Waals surface area contributed by atoms with Gasteiger partial charge in [0.25, 0.3) is 0 Å². The first-order valence-electron chi connectivity index (χ1n) is 7.48. The molecule has 2 aromatic rings. The SMILES string of the molecule is O=C(NCCc1ccccc1)N1OC(O)C=C1c1ccccc1. The Bertz CT molecular complexity index is 686. The summed E-state index contributed by atoms with van der Waals surface area (Å²) in [5.41, 5.74) is 2.49. The van der Waals surface area contributed by atoms with Gasteiger partial charge >= 0.3 is 6.03 Å². The molecule has 0 aliphatic carbocycles. The zero-order chi connectivity index (χ0) is 16.1. The number of hydrogen-bond acceptors (Lipinski definition) is 3. The van der Waals surface area contributed by atoms with Crippen LogP contribution < -0.4 is 5.32 Å². The fraction of sp³-hybridized carbons (Fsp3) is 0.167. The van der Waals surface area contributed by atoms with Gasteiger partial charge in [0.1, 0.15) is 0 Å². The third-order valence-electron chi connectivity index (χ3n) is 3.52. The number of rotatable bonds is 4. The maximum Gasteiger partial charge on any atom is 0.346 e. The molecule has 1 aliphatic heterocycles. The lowest BCUT2D eigenvalue weighted by Crippen LogP contribution is -2.38. The first-order chi connectivity index (χ1) is 11.2. The van der Waals surface area contributed by atoms with E-state index in [1.165, 1.54) is 6.08 Å². The van der Waals surface area contributed by atoms with Crippen LogP contribution in [-0.4, -0.2) is 29.0 Å². The minimum Gasteiger partial charge on any atom is -0.363 e. The van der Waals surface area contributed by atoms with Gasteiger partial charge in [0, 0.05) is 18.2 Å². The van der Waals surface area contributed by atoms with E-state index in [4.69, 9.17) is 4.84 Å². The summed E-state index contributed by atoms with van der Waals surface area (Å²) in [6.07, 6.45) is 1.12. The maximum atomic E-state index is 12.3. The summed E-state index contributed by atoms with van der Waals surface area (Å²) in [5, 5.41) is 13.6. The number of carbonyl (C=O) groups excluding carboxylic acids is 1. The van der Waals surface area contributed by atoms with Crippen molar-refractivity contribution in [3.05, 3.63) is 77.9 Å². The highest BCUT2D eigenvalue weighted by atomic mass is 16.8. The third-order valence-corrected chi connectivity index (χ3v) is 3.52. The van der Waals surface area contributed by atoms with Crippen LogP contribution >= 0.6 is 0 Å². The van der Waals surface area contributed by atoms with Crippen LogP contribution in [0.3, 0.4) is 0 Å². The van der Waals surface area contributed by atoms with Crippen molar-refractivity contribution in [1.82, 2.24) is 10.4 Å². The van der Waals surface area contributed by atoms with Crippen LogP contribution in [0.5, 0.6) is 0 Å². The van der Waals surface area contributed by atoms with Crippen LogP contribution in [-0.2, 0) is 11.3 Å². The average molecular weight is 310 g/mol. The summed E-state index contributed by atoms with van der Waals surface area (Å²) < 4.78 is 0. The third kappa shape index (κ3) is 3.77. The summed E-state index contributed by atoms with van der Waals surface area (Å²) in [5.74, 6) is 0. The van der Waals surface area contributed by atoms with Gasteiger partial charge in [0.2, 0.25) is 6.29 Å². The van der Waals surface area contributed by atoms with Gasteiger partial charge in [-0.2, -0.15) is 5.06 Å². The predicted molar refractivity (Wildman–Crippen MR) is 86.9 cm³/mol. The van der Waals surface area contributed by atoms with Crippen molar-refractivity contribution in [3.8, 4) is 0 Å². The Hall–Kier alpha value is -2.63. The predicted octanol–water partition coefficient (Wildman–Crippen LogP) is 2.55. The molecule has 2 aromatic carbocycles. The van der Waals surface area contributed by atoms with E-state index in [1.807, 2.05) is 60.7 Å². The fourth-order valence-corrected chi connectivity index (χ4v) is 2.41. The molecule has 0 saturated carbocycles. The maximum absolute atomic E-state index is 12.3. The number of urea groups is 1. The van der Waals surface area contributed by atoms with E-state index in [1.54, 1.807) is 0 Å². The fourth-order valence-electron chi connectivity index (χ4n) is 2.41. The van der Waals surface area contributed by atoms with Gasteiger partial charge in [-0.3, -0.25) is 0 Å². The standard InChI is InChI=1S/C18H18N2O3/c21-17-13-16(15-9-5-2-6-10-15)20(23-17)18(22)19-12-11-14-7-3-1-4-8-14/h1-10,13,17,21H,11-12H2,(H,19,22). The van der Waals surface area contributed by atoms with Gasteiger partial charge < -0.3 is 10.4 Å². The van der Waals surface area contributed by atoms with Crippen LogP contribution in [0.25, 0.3) is 5.70 Å². The van der Waals surface area contributed by atoms with Crippen molar-refractivity contribution in [1.29, 1.82) is 0 Å². The van der Waals surface area contributed by atoms with Gasteiger partial charge in [0.05, 0.1) is 5.70 Å². The molecule has 5 nitrogen and oxygen atoms in total. The highest BCUT2D eigenvalue weighted by molar-refractivity contribution is 5.85. The zero-order valence-corrected chi connectivity index (χ0v) is 12.6. The Morgan fingerprint density at radius 2 is 1.74 bits per heavy atom. The molecule has 118 valence electrons. The first kappa shape index (κ1) is 15.3. The van der Waals surface area contributed by atoms with Crippen molar-refractivity contribution >= 4 is 11.7 Å². The zero-order valence-electron chi connectivity index (χ0n) is 12.6. The number of hydrogen-bond donors (Lipinski definition) is 2. The molecule has 0 aromatic heterocycles. The second kappa shape index (κ2) is 7.09. The van der Waals surface area contributed by atoms with Crippen molar-refractivity contribution in [2.75, 3.05) is 6.54 Å². The molecule has 1 heterocycles. The average Bonchev–Trinajstić information content (AvgIpc) is 2.98. The molecule has 1 unspecified atom stereocenters. The Morgan fingerprint density at radius 1 is 1.09 bits per heavy atom. The van der Waals surface area contributed by atoms with Crippen LogP contribution in [0.15, 0.2) is 66.7 Å². The van der Waals surface area contributed by atoms with Gasteiger partial charge in [-0.1, -0.05) is 60.7 Å². The van der Waals surface area contributed by atoms with Crippen LogP contribution in [0.4, 0.5) is 4.79 Å². The molecule has 0 bridgehead atoms. The number of aliphatic hydroxyl groups is 1.